The summed E-state index contributed by atoms with van der Waals surface area (Å²) < 4.78 is 15.1. The molecule has 1 aromatic heterocycles. The fourth-order valence-corrected chi connectivity index (χ4v) is 3.28. The molecule has 3 rings (SSSR count). The van der Waals surface area contributed by atoms with Crippen LogP contribution in [0.3, 0.4) is 0 Å². The lowest BCUT2D eigenvalue weighted by Crippen LogP contribution is -2.40. The Labute approximate surface area is 129 Å². The third-order valence-electron chi connectivity index (χ3n) is 4.49. The highest BCUT2D eigenvalue weighted by Gasteiger charge is 2.23. The standard InChI is InChI=1S/C17H22FN3O/c1-2-20-8-3-4-15(20)11-19-17(22)12-21-9-7-13-5-6-14(18)10-16(13)21/h5-7,9-10,15H,2-4,8,11-12H2,1H3,(H,19,22)/t15-/m1/s1. The number of fused-ring (bicyclic) bond motifs is 1. The minimum Gasteiger partial charge on any atom is -0.353 e. The van der Waals surface area contributed by atoms with E-state index in [1.165, 1.54) is 18.6 Å². The highest BCUT2D eigenvalue weighted by Crippen LogP contribution is 2.17. The summed E-state index contributed by atoms with van der Waals surface area (Å²) in [7, 11) is 0. The van der Waals surface area contributed by atoms with Gasteiger partial charge in [-0.15, -0.1) is 0 Å². The van der Waals surface area contributed by atoms with Crippen molar-refractivity contribution in [1.82, 2.24) is 14.8 Å². The molecule has 0 spiro atoms. The lowest BCUT2D eigenvalue weighted by molar-refractivity contribution is -0.121. The van der Waals surface area contributed by atoms with E-state index in [0.717, 1.165) is 30.4 Å². The molecule has 1 saturated heterocycles. The Morgan fingerprint density at radius 3 is 3.09 bits per heavy atom. The fraction of sp³-hybridized carbons (Fsp3) is 0.471. The minimum absolute atomic E-state index is 0.0234. The molecule has 1 aliphatic rings. The Hall–Kier alpha value is -1.88. The number of aromatic nitrogens is 1. The van der Waals surface area contributed by atoms with Crippen LogP contribution in [0.1, 0.15) is 19.8 Å². The van der Waals surface area contributed by atoms with Gasteiger partial charge in [0.1, 0.15) is 12.4 Å². The van der Waals surface area contributed by atoms with E-state index in [9.17, 15) is 9.18 Å². The molecule has 1 aliphatic heterocycles. The van der Waals surface area contributed by atoms with E-state index in [4.69, 9.17) is 0 Å². The van der Waals surface area contributed by atoms with E-state index in [2.05, 4.69) is 17.1 Å². The Morgan fingerprint density at radius 2 is 2.27 bits per heavy atom. The van der Waals surface area contributed by atoms with Crippen LogP contribution >= 0.6 is 0 Å². The van der Waals surface area contributed by atoms with Crippen LogP contribution < -0.4 is 5.32 Å². The first-order chi connectivity index (χ1) is 10.7. The van der Waals surface area contributed by atoms with Gasteiger partial charge in [0.25, 0.3) is 0 Å². The van der Waals surface area contributed by atoms with Crippen molar-refractivity contribution in [3.63, 3.8) is 0 Å². The number of benzene rings is 1. The first-order valence-electron chi connectivity index (χ1n) is 7.92. The highest BCUT2D eigenvalue weighted by atomic mass is 19.1. The van der Waals surface area contributed by atoms with Gasteiger partial charge in [-0.25, -0.2) is 4.39 Å². The van der Waals surface area contributed by atoms with Crippen LogP contribution in [-0.2, 0) is 11.3 Å². The van der Waals surface area contributed by atoms with E-state index in [0.29, 0.717) is 12.6 Å². The molecule has 1 aromatic carbocycles. The van der Waals surface area contributed by atoms with Crippen LogP contribution in [0.25, 0.3) is 10.9 Å². The van der Waals surface area contributed by atoms with Crippen molar-refractivity contribution < 1.29 is 9.18 Å². The number of carbonyl (C=O) groups excluding carboxylic acids is 1. The zero-order valence-corrected chi connectivity index (χ0v) is 12.9. The SMILES string of the molecule is CCN1CCC[C@@H]1CNC(=O)Cn1ccc2ccc(F)cc21. The molecule has 2 aromatic rings. The summed E-state index contributed by atoms with van der Waals surface area (Å²) in [4.78, 5) is 14.6. The Kier molecular flexibility index (Phi) is 4.43. The quantitative estimate of drug-likeness (QED) is 0.921. The average Bonchev–Trinajstić information content (AvgIpc) is 3.12. The van der Waals surface area contributed by atoms with E-state index in [-0.39, 0.29) is 18.3 Å². The van der Waals surface area contributed by atoms with Crippen LogP contribution in [0.15, 0.2) is 30.5 Å². The summed E-state index contributed by atoms with van der Waals surface area (Å²) >= 11 is 0. The maximum Gasteiger partial charge on any atom is 0.239 e. The zero-order valence-electron chi connectivity index (χ0n) is 12.9. The first kappa shape index (κ1) is 15.0. The van der Waals surface area contributed by atoms with Gasteiger partial charge in [-0.2, -0.15) is 0 Å². The van der Waals surface area contributed by atoms with E-state index in [1.807, 2.05) is 12.3 Å². The lowest BCUT2D eigenvalue weighted by atomic mass is 10.2. The topological polar surface area (TPSA) is 37.3 Å². The van der Waals surface area contributed by atoms with Gasteiger partial charge in [0.05, 0.1) is 5.52 Å². The molecule has 1 N–H and O–H groups in total. The molecule has 1 amide bonds. The van der Waals surface area contributed by atoms with Gasteiger partial charge in [0.15, 0.2) is 0 Å². The normalized spacial score (nSPS) is 18.9. The van der Waals surface area contributed by atoms with Gasteiger partial charge in [-0.1, -0.05) is 6.92 Å². The summed E-state index contributed by atoms with van der Waals surface area (Å²) in [6.45, 7) is 5.23. The number of nitrogens with zero attached hydrogens (tertiary/aromatic N) is 2. The molecular weight excluding hydrogens is 281 g/mol. The van der Waals surface area contributed by atoms with Gasteiger partial charge < -0.3 is 9.88 Å². The molecular formula is C17H22FN3O. The molecule has 5 heteroatoms. The van der Waals surface area contributed by atoms with Crippen molar-refractivity contribution in [3.8, 4) is 0 Å². The van der Waals surface area contributed by atoms with Gasteiger partial charge >= 0.3 is 0 Å². The average molecular weight is 303 g/mol. The summed E-state index contributed by atoms with van der Waals surface area (Å²) in [6, 6.07) is 6.99. The van der Waals surface area contributed by atoms with E-state index >= 15 is 0 Å². The lowest BCUT2D eigenvalue weighted by Gasteiger charge is -2.22. The first-order valence-corrected chi connectivity index (χ1v) is 7.92. The Bertz CT molecular complexity index is 667. The monoisotopic (exact) mass is 303 g/mol. The molecule has 0 radical (unpaired) electrons. The molecule has 0 aliphatic carbocycles. The van der Waals surface area contributed by atoms with Crippen LogP contribution in [-0.4, -0.2) is 41.1 Å². The van der Waals surface area contributed by atoms with Crippen molar-refractivity contribution >= 4 is 16.8 Å². The smallest absolute Gasteiger partial charge is 0.239 e. The van der Waals surface area contributed by atoms with Crippen molar-refractivity contribution in [2.75, 3.05) is 19.6 Å². The number of likely N-dealkylation sites (tertiary alicyclic amines) is 1. The number of halogens is 1. The van der Waals surface area contributed by atoms with Crippen LogP contribution in [0, 0.1) is 5.82 Å². The van der Waals surface area contributed by atoms with E-state index in [1.54, 1.807) is 10.6 Å². The van der Waals surface area contributed by atoms with Gasteiger partial charge in [-0.05, 0) is 55.6 Å². The van der Waals surface area contributed by atoms with E-state index < -0.39 is 0 Å². The molecule has 1 atom stereocenters. The Balaban J connectivity index is 1.60. The molecule has 22 heavy (non-hydrogen) atoms. The van der Waals surface area contributed by atoms with Gasteiger partial charge in [-0.3, -0.25) is 9.69 Å². The second kappa shape index (κ2) is 6.48. The summed E-state index contributed by atoms with van der Waals surface area (Å²) in [6.07, 6.45) is 4.18. The molecule has 118 valence electrons. The number of hydrogen-bond donors (Lipinski definition) is 1. The predicted octanol–water partition coefficient (Wildman–Crippen LogP) is 2.38. The number of nitrogens with one attached hydrogen (secondary N) is 1. The number of hydrogen-bond acceptors (Lipinski definition) is 2. The summed E-state index contributed by atoms with van der Waals surface area (Å²) in [5.74, 6) is -0.304. The number of rotatable bonds is 5. The summed E-state index contributed by atoms with van der Waals surface area (Å²) in [5, 5.41) is 3.96. The van der Waals surface area contributed by atoms with Crippen molar-refractivity contribution in [2.24, 2.45) is 0 Å². The molecule has 0 bridgehead atoms. The van der Waals surface area contributed by atoms with Crippen LogP contribution in [0.2, 0.25) is 0 Å². The Morgan fingerprint density at radius 1 is 1.41 bits per heavy atom. The number of carbonyl (C=O) groups is 1. The van der Waals surface area contributed by atoms with Gasteiger partial charge in [0, 0.05) is 18.8 Å². The molecule has 4 nitrogen and oxygen atoms in total. The number of likely N-dealkylation sites (N-methyl/N-ethyl adjacent to an activating group) is 1. The zero-order chi connectivity index (χ0) is 15.5. The molecule has 1 fully saturated rings. The number of amides is 1. The third kappa shape index (κ3) is 3.14. The summed E-state index contributed by atoms with van der Waals surface area (Å²) in [5.41, 5.74) is 0.756. The third-order valence-corrected chi connectivity index (χ3v) is 4.49. The second-order valence-corrected chi connectivity index (χ2v) is 5.88. The molecule has 0 unspecified atom stereocenters. The second-order valence-electron chi connectivity index (χ2n) is 5.88. The van der Waals surface area contributed by atoms with Gasteiger partial charge in [0.2, 0.25) is 5.91 Å². The highest BCUT2D eigenvalue weighted by molar-refractivity contribution is 5.83. The largest absolute Gasteiger partial charge is 0.353 e. The van der Waals surface area contributed by atoms with Crippen molar-refractivity contribution in [1.29, 1.82) is 0 Å². The fourth-order valence-electron chi connectivity index (χ4n) is 3.28. The maximum absolute atomic E-state index is 13.3. The van der Waals surface area contributed by atoms with Crippen molar-refractivity contribution in [2.45, 2.75) is 32.4 Å². The van der Waals surface area contributed by atoms with Crippen LogP contribution in [0.4, 0.5) is 4.39 Å². The minimum atomic E-state index is -0.280. The maximum atomic E-state index is 13.3. The van der Waals surface area contributed by atoms with Crippen LogP contribution in [0.5, 0.6) is 0 Å². The predicted molar refractivity (Wildman–Crippen MR) is 85.2 cm³/mol. The molecule has 0 saturated carbocycles. The van der Waals surface area contributed by atoms with Crippen molar-refractivity contribution in [3.05, 3.63) is 36.3 Å². The molecule has 2 heterocycles.